The van der Waals surface area contributed by atoms with Crippen LogP contribution in [0.1, 0.15) is 27.9 Å². The Morgan fingerprint density at radius 3 is 2.52 bits per heavy atom. The van der Waals surface area contributed by atoms with Crippen LogP contribution in [0.15, 0.2) is 41.1 Å². The molecule has 23 heavy (non-hydrogen) atoms. The molecule has 0 aliphatic carbocycles. The molecule has 0 unspecified atom stereocenters. The monoisotopic (exact) mass is 326 g/mol. The second-order valence-electron chi connectivity index (χ2n) is 5.04. The fourth-order valence-electron chi connectivity index (χ4n) is 2.47. The van der Waals surface area contributed by atoms with Crippen LogP contribution >= 0.6 is 11.3 Å². The predicted molar refractivity (Wildman–Crippen MR) is 84.3 cm³/mol. The molecule has 6 heteroatoms. The van der Waals surface area contributed by atoms with E-state index in [2.05, 4.69) is 0 Å². The van der Waals surface area contributed by atoms with Crippen LogP contribution in [0.5, 0.6) is 0 Å². The zero-order valence-electron chi connectivity index (χ0n) is 12.0. The summed E-state index contributed by atoms with van der Waals surface area (Å²) in [5, 5.41) is 14.5. The average Bonchev–Trinajstić information content (AvgIpc) is 3.04. The Morgan fingerprint density at radius 1 is 1.13 bits per heavy atom. The van der Waals surface area contributed by atoms with Gasteiger partial charge in [-0.3, -0.25) is 14.5 Å². The molecule has 0 spiro atoms. The Bertz CT molecular complexity index is 808. The van der Waals surface area contributed by atoms with Crippen molar-refractivity contribution >= 4 is 40.8 Å². The highest BCUT2D eigenvalue weighted by molar-refractivity contribution is 7.08. The van der Waals surface area contributed by atoms with E-state index in [0.29, 0.717) is 16.7 Å². The number of carboxylic acid groups (broad SMARTS) is 1. The van der Waals surface area contributed by atoms with Gasteiger partial charge in [0.25, 0.3) is 11.8 Å². The largest absolute Gasteiger partial charge is 0.550 e. The van der Waals surface area contributed by atoms with Crippen LogP contribution in [0.4, 0.5) is 0 Å². The fourth-order valence-corrected chi connectivity index (χ4v) is 3.09. The number of hydrogen-bond donors (Lipinski definition) is 0. The third-order valence-corrected chi connectivity index (χ3v) is 4.26. The molecule has 0 N–H and O–H groups in total. The van der Waals surface area contributed by atoms with Gasteiger partial charge >= 0.3 is 0 Å². The summed E-state index contributed by atoms with van der Waals surface area (Å²) in [5.41, 5.74) is 2.21. The van der Waals surface area contributed by atoms with Crippen molar-refractivity contribution in [3.8, 4) is 0 Å². The summed E-state index contributed by atoms with van der Waals surface area (Å²) in [6.45, 7) is -0.199. The first kappa shape index (κ1) is 15.2. The smallest absolute Gasteiger partial charge is 0.261 e. The summed E-state index contributed by atoms with van der Waals surface area (Å²) in [5.74, 6) is -2.26. The maximum atomic E-state index is 12.7. The van der Waals surface area contributed by atoms with Crippen LogP contribution in [0.3, 0.4) is 0 Å². The summed E-state index contributed by atoms with van der Waals surface area (Å²) < 4.78 is 0. The van der Waals surface area contributed by atoms with Gasteiger partial charge in [0.1, 0.15) is 0 Å². The van der Waals surface area contributed by atoms with Crippen molar-refractivity contribution in [1.82, 2.24) is 4.90 Å². The number of nitrogens with zero attached hydrogens (tertiary/aromatic N) is 1. The molecule has 0 bridgehead atoms. The van der Waals surface area contributed by atoms with Crippen LogP contribution in [0, 0.1) is 0 Å². The number of rotatable bonds is 4. The molecule has 0 atom stereocenters. The lowest BCUT2D eigenvalue weighted by molar-refractivity contribution is -0.305. The number of carbonyl (C=O) groups excluding carboxylic acids is 3. The van der Waals surface area contributed by atoms with Gasteiger partial charge in [-0.1, -0.05) is 18.2 Å². The van der Waals surface area contributed by atoms with Gasteiger partial charge in [0, 0.05) is 30.1 Å². The molecule has 3 rings (SSSR count). The van der Waals surface area contributed by atoms with Gasteiger partial charge < -0.3 is 9.90 Å². The number of hydrogen-bond acceptors (Lipinski definition) is 5. The molecule has 1 aliphatic heterocycles. The molecular formula is C17H12NO4S-. The van der Waals surface area contributed by atoms with E-state index in [1.807, 2.05) is 16.8 Å². The number of carboxylic acids is 1. The Labute approximate surface area is 136 Å². The molecule has 2 aromatic rings. The molecule has 2 heterocycles. The van der Waals surface area contributed by atoms with Gasteiger partial charge in [-0.2, -0.15) is 11.3 Å². The molecule has 1 aliphatic rings. The highest BCUT2D eigenvalue weighted by Gasteiger charge is 2.34. The predicted octanol–water partition coefficient (Wildman–Crippen LogP) is 1.41. The van der Waals surface area contributed by atoms with Crippen molar-refractivity contribution < 1.29 is 19.5 Å². The van der Waals surface area contributed by atoms with Gasteiger partial charge in [0.2, 0.25) is 0 Å². The third-order valence-electron chi connectivity index (χ3n) is 3.56. The van der Waals surface area contributed by atoms with E-state index in [1.54, 1.807) is 30.3 Å². The molecule has 2 amide bonds. The van der Waals surface area contributed by atoms with Gasteiger partial charge in [-0.15, -0.1) is 0 Å². The molecule has 0 fully saturated rings. The lowest BCUT2D eigenvalue weighted by Crippen LogP contribution is -2.43. The zero-order valence-corrected chi connectivity index (χ0v) is 12.8. The average molecular weight is 326 g/mol. The first-order valence-electron chi connectivity index (χ1n) is 6.97. The second-order valence-corrected chi connectivity index (χ2v) is 5.82. The summed E-state index contributed by atoms with van der Waals surface area (Å²) in [7, 11) is 0. The highest BCUT2D eigenvalue weighted by Crippen LogP contribution is 2.30. The quantitative estimate of drug-likeness (QED) is 0.629. The first-order chi connectivity index (χ1) is 11.1. The number of thiophene rings is 1. The minimum atomic E-state index is -1.30. The maximum absolute atomic E-state index is 12.7. The van der Waals surface area contributed by atoms with E-state index in [9.17, 15) is 19.5 Å². The molecule has 1 aromatic carbocycles. The Balaban J connectivity index is 2.07. The zero-order chi connectivity index (χ0) is 16.4. The Hall–Kier alpha value is -2.73. The van der Waals surface area contributed by atoms with E-state index >= 15 is 0 Å². The lowest BCUT2D eigenvalue weighted by Gasteiger charge is -2.28. The minimum absolute atomic E-state index is 0.199. The maximum Gasteiger partial charge on any atom is 0.261 e. The molecule has 116 valence electrons. The number of carbonyl (C=O) groups is 3. The normalized spacial score (nSPS) is 15.8. The van der Waals surface area contributed by atoms with Crippen LogP contribution in [0.25, 0.3) is 11.6 Å². The summed E-state index contributed by atoms with van der Waals surface area (Å²) in [4.78, 5) is 36.8. The summed E-state index contributed by atoms with van der Waals surface area (Å²) in [6, 6.07) is 8.70. The topological polar surface area (TPSA) is 77.5 Å². The third kappa shape index (κ3) is 2.93. The summed E-state index contributed by atoms with van der Waals surface area (Å²) in [6.07, 6.45) is 1.33. The van der Waals surface area contributed by atoms with Crippen LogP contribution in [-0.4, -0.2) is 29.2 Å². The van der Waals surface area contributed by atoms with Gasteiger partial charge in [-0.05, 0) is 40.1 Å². The van der Waals surface area contributed by atoms with Crippen molar-refractivity contribution in [1.29, 1.82) is 0 Å². The lowest BCUT2D eigenvalue weighted by atomic mass is 9.92. The van der Waals surface area contributed by atoms with Gasteiger partial charge in [-0.25, -0.2) is 0 Å². The van der Waals surface area contributed by atoms with Gasteiger partial charge in [0.15, 0.2) is 0 Å². The number of benzene rings is 1. The van der Waals surface area contributed by atoms with Crippen molar-refractivity contribution in [3.05, 3.63) is 57.8 Å². The Kier molecular flexibility index (Phi) is 4.08. The van der Waals surface area contributed by atoms with Crippen molar-refractivity contribution in [3.63, 3.8) is 0 Å². The fraction of sp³-hybridized carbons (Fsp3) is 0.118. The second kappa shape index (κ2) is 6.18. The number of fused-ring (bicyclic) bond motifs is 1. The standard InChI is InChI=1S/C17H13NO4S/c19-15(20)5-7-18-16(21)13-4-2-1-3-12(13)14(17(18)22)9-11-6-8-23-10-11/h1-4,6,8-10H,5,7H2,(H,19,20)/p-1. The molecule has 0 radical (unpaired) electrons. The highest BCUT2D eigenvalue weighted by atomic mass is 32.1. The molecule has 1 aromatic heterocycles. The molecule has 0 saturated heterocycles. The van der Waals surface area contributed by atoms with E-state index in [4.69, 9.17) is 0 Å². The Morgan fingerprint density at radius 2 is 1.87 bits per heavy atom. The molecule has 0 saturated carbocycles. The van der Waals surface area contributed by atoms with Crippen LogP contribution < -0.4 is 5.11 Å². The summed E-state index contributed by atoms with van der Waals surface area (Å²) >= 11 is 1.50. The molecule has 5 nitrogen and oxygen atoms in total. The van der Waals surface area contributed by atoms with Crippen molar-refractivity contribution in [2.75, 3.05) is 6.54 Å². The van der Waals surface area contributed by atoms with Crippen LogP contribution in [-0.2, 0) is 9.59 Å². The minimum Gasteiger partial charge on any atom is -0.550 e. The molecular weight excluding hydrogens is 314 g/mol. The number of imide groups is 1. The van der Waals surface area contributed by atoms with Crippen molar-refractivity contribution in [2.24, 2.45) is 0 Å². The van der Waals surface area contributed by atoms with E-state index in [-0.39, 0.29) is 13.0 Å². The van der Waals surface area contributed by atoms with E-state index in [0.717, 1.165) is 10.5 Å². The first-order valence-corrected chi connectivity index (χ1v) is 7.91. The number of amides is 2. The van der Waals surface area contributed by atoms with Gasteiger partial charge in [0.05, 0.1) is 0 Å². The SMILES string of the molecule is O=C([O-])CCN1C(=O)C(=Cc2ccsc2)c2ccccc2C1=O. The van der Waals surface area contributed by atoms with E-state index < -0.39 is 17.8 Å². The van der Waals surface area contributed by atoms with E-state index in [1.165, 1.54) is 11.3 Å². The van der Waals surface area contributed by atoms with Crippen molar-refractivity contribution in [2.45, 2.75) is 6.42 Å². The van der Waals surface area contributed by atoms with Crippen LogP contribution in [0.2, 0.25) is 0 Å². The number of aliphatic carboxylic acids is 1.